The van der Waals surface area contributed by atoms with Crippen molar-refractivity contribution in [3.63, 3.8) is 0 Å². The molecule has 0 fully saturated rings. The Bertz CT molecular complexity index is 982. The second-order valence-electron chi connectivity index (χ2n) is 5.34. The van der Waals surface area contributed by atoms with Crippen LogP contribution in [-0.4, -0.2) is 25.8 Å². The van der Waals surface area contributed by atoms with E-state index in [1.807, 2.05) is 0 Å². The number of hydrogen-bond acceptors (Lipinski definition) is 5. The van der Waals surface area contributed by atoms with E-state index in [1.54, 1.807) is 6.07 Å². The van der Waals surface area contributed by atoms with Crippen LogP contribution in [0.5, 0.6) is 0 Å². The van der Waals surface area contributed by atoms with Gasteiger partial charge in [-0.25, -0.2) is 13.1 Å². The topological polar surface area (TPSA) is 118 Å². The molecule has 2 aromatic rings. The fraction of sp³-hybridized carbons (Fsp3) is 0.0556. The Labute approximate surface area is 156 Å². The molecule has 9 heteroatoms. The molecule has 2 rings (SSSR count). The highest BCUT2D eigenvalue weighted by molar-refractivity contribution is 7.89. The first-order chi connectivity index (χ1) is 12.8. The van der Waals surface area contributed by atoms with E-state index in [0.29, 0.717) is 11.3 Å². The third kappa shape index (κ3) is 5.87. The molecule has 2 aromatic carbocycles. The fourth-order valence-electron chi connectivity index (χ4n) is 2.07. The summed E-state index contributed by atoms with van der Waals surface area (Å²) in [6, 6.07) is 11.5. The average molecular weight is 387 g/mol. The molecule has 27 heavy (non-hydrogen) atoms. The van der Waals surface area contributed by atoms with Crippen LogP contribution in [0.15, 0.2) is 72.2 Å². The van der Waals surface area contributed by atoms with Gasteiger partial charge in [0.05, 0.1) is 9.82 Å². The molecular weight excluding hydrogens is 370 g/mol. The van der Waals surface area contributed by atoms with Gasteiger partial charge >= 0.3 is 0 Å². The van der Waals surface area contributed by atoms with Crippen LogP contribution in [0.1, 0.15) is 5.56 Å². The first-order valence-corrected chi connectivity index (χ1v) is 9.24. The number of non-ortho nitro benzene ring substituents is 1. The largest absolute Gasteiger partial charge is 0.323 e. The maximum Gasteiger partial charge on any atom is 0.270 e. The zero-order valence-electron chi connectivity index (χ0n) is 14.2. The number of nitro groups is 1. The van der Waals surface area contributed by atoms with E-state index in [0.717, 1.165) is 0 Å². The summed E-state index contributed by atoms with van der Waals surface area (Å²) in [5, 5.41) is 13.3. The van der Waals surface area contributed by atoms with E-state index in [1.165, 1.54) is 60.7 Å². The molecule has 0 heterocycles. The summed E-state index contributed by atoms with van der Waals surface area (Å²) in [7, 11) is -3.63. The third-order valence-corrected chi connectivity index (χ3v) is 4.80. The molecule has 1 amide bonds. The molecule has 0 bridgehead atoms. The van der Waals surface area contributed by atoms with Gasteiger partial charge in [0.2, 0.25) is 15.9 Å². The van der Waals surface area contributed by atoms with Crippen molar-refractivity contribution >= 4 is 33.4 Å². The minimum atomic E-state index is -3.63. The molecule has 0 spiro atoms. The normalized spacial score (nSPS) is 11.3. The Morgan fingerprint density at radius 3 is 2.52 bits per heavy atom. The van der Waals surface area contributed by atoms with Crippen LogP contribution in [0.3, 0.4) is 0 Å². The van der Waals surface area contributed by atoms with E-state index in [-0.39, 0.29) is 17.1 Å². The van der Waals surface area contributed by atoms with Gasteiger partial charge in [0.25, 0.3) is 5.69 Å². The number of rotatable bonds is 8. The third-order valence-electron chi connectivity index (χ3n) is 3.36. The number of amides is 1. The lowest BCUT2D eigenvalue weighted by atomic mass is 10.2. The predicted octanol–water partition coefficient (Wildman–Crippen LogP) is 2.71. The molecule has 0 saturated heterocycles. The van der Waals surface area contributed by atoms with Crippen LogP contribution in [0.4, 0.5) is 11.4 Å². The number of benzene rings is 2. The van der Waals surface area contributed by atoms with Crippen molar-refractivity contribution in [3.05, 3.63) is 82.9 Å². The van der Waals surface area contributed by atoms with Crippen molar-refractivity contribution in [2.45, 2.75) is 4.90 Å². The molecule has 8 nitrogen and oxygen atoms in total. The molecule has 2 N–H and O–H groups in total. The van der Waals surface area contributed by atoms with Crippen molar-refractivity contribution in [1.29, 1.82) is 0 Å². The molecule has 0 atom stereocenters. The summed E-state index contributed by atoms with van der Waals surface area (Å²) in [5.41, 5.74) is 0.847. The quantitative estimate of drug-likeness (QED) is 0.312. The minimum Gasteiger partial charge on any atom is -0.323 e. The van der Waals surface area contributed by atoms with Crippen molar-refractivity contribution in [1.82, 2.24) is 4.72 Å². The molecule has 0 unspecified atom stereocenters. The van der Waals surface area contributed by atoms with E-state index >= 15 is 0 Å². The smallest absolute Gasteiger partial charge is 0.270 e. The zero-order valence-corrected chi connectivity index (χ0v) is 15.0. The van der Waals surface area contributed by atoms with Gasteiger partial charge in [-0.1, -0.05) is 18.2 Å². The van der Waals surface area contributed by atoms with Crippen LogP contribution in [0.25, 0.3) is 6.08 Å². The molecule has 0 aromatic heterocycles. The molecule has 140 valence electrons. The number of carbonyl (C=O) groups excluding carboxylic acids is 1. The zero-order chi connectivity index (χ0) is 19.9. The number of carbonyl (C=O) groups is 1. The second kappa shape index (κ2) is 8.88. The van der Waals surface area contributed by atoms with Gasteiger partial charge in [-0.2, -0.15) is 0 Å². The Hall–Kier alpha value is -3.30. The fourth-order valence-corrected chi connectivity index (χ4v) is 3.07. The second-order valence-corrected chi connectivity index (χ2v) is 7.11. The number of hydrogen-bond donors (Lipinski definition) is 2. The number of nitro benzene ring substituents is 1. The molecule has 0 saturated carbocycles. The summed E-state index contributed by atoms with van der Waals surface area (Å²) >= 11 is 0. The monoisotopic (exact) mass is 387 g/mol. The molecular formula is C18H17N3O5S. The Kier molecular flexibility index (Phi) is 6.58. The van der Waals surface area contributed by atoms with Gasteiger partial charge < -0.3 is 5.32 Å². The highest BCUT2D eigenvalue weighted by Gasteiger charge is 2.12. The average Bonchev–Trinajstić information content (AvgIpc) is 2.65. The number of nitrogens with zero attached hydrogens (tertiary/aromatic N) is 1. The molecule has 0 aliphatic heterocycles. The lowest BCUT2D eigenvalue weighted by Gasteiger charge is -2.06. The van der Waals surface area contributed by atoms with E-state index in [4.69, 9.17) is 0 Å². The van der Waals surface area contributed by atoms with Crippen molar-refractivity contribution < 1.29 is 18.1 Å². The molecule has 0 aliphatic rings. The summed E-state index contributed by atoms with van der Waals surface area (Å²) in [6.45, 7) is 3.56. The van der Waals surface area contributed by atoms with E-state index in [9.17, 15) is 23.3 Å². The summed E-state index contributed by atoms with van der Waals surface area (Å²) in [6.07, 6.45) is 4.11. The van der Waals surface area contributed by atoms with Crippen molar-refractivity contribution in [2.24, 2.45) is 0 Å². The van der Waals surface area contributed by atoms with Gasteiger partial charge in [0.15, 0.2) is 0 Å². The Balaban J connectivity index is 2.02. The number of anilines is 1. The Morgan fingerprint density at radius 1 is 1.19 bits per heavy atom. The minimum absolute atomic E-state index is 0.0643. The van der Waals surface area contributed by atoms with Crippen molar-refractivity contribution in [2.75, 3.05) is 11.9 Å². The summed E-state index contributed by atoms with van der Waals surface area (Å²) < 4.78 is 26.3. The molecule has 0 aliphatic carbocycles. The maximum atomic E-state index is 12.0. The number of sulfonamides is 1. The standard InChI is InChI=1S/C18H17N3O5S/c1-2-12-19-27(25,26)17-9-7-15(8-10-17)20-18(22)11-6-14-4-3-5-16(13-14)21(23)24/h2-11,13,19H,1,12H2,(H,20,22)/b11-6+. The van der Waals surface area contributed by atoms with Gasteiger partial charge in [0, 0.05) is 30.4 Å². The Morgan fingerprint density at radius 2 is 1.89 bits per heavy atom. The predicted molar refractivity (Wildman–Crippen MR) is 103 cm³/mol. The maximum absolute atomic E-state index is 12.0. The van der Waals surface area contributed by atoms with Gasteiger partial charge in [-0.3, -0.25) is 14.9 Å². The van der Waals surface area contributed by atoms with Gasteiger partial charge in [0.1, 0.15) is 0 Å². The van der Waals surface area contributed by atoms with E-state index in [2.05, 4.69) is 16.6 Å². The van der Waals surface area contributed by atoms with Gasteiger partial charge in [-0.15, -0.1) is 6.58 Å². The van der Waals surface area contributed by atoms with Crippen LogP contribution in [0.2, 0.25) is 0 Å². The van der Waals surface area contributed by atoms with Crippen LogP contribution in [0, 0.1) is 10.1 Å². The SMILES string of the molecule is C=CCNS(=O)(=O)c1ccc(NC(=O)/C=C/c2cccc([N+](=O)[O-])c2)cc1. The van der Waals surface area contributed by atoms with Crippen LogP contribution >= 0.6 is 0 Å². The van der Waals surface area contributed by atoms with Crippen LogP contribution < -0.4 is 10.0 Å². The first-order valence-electron chi connectivity index (χ1n) is 7.76. The lowest BCUT2D eigenvalue weighted by Crippen LogP contribution is -2.23. The van der Waals surface area contributed by atoms with Crippen LogP contribution in [-0.2, 0) is 14.8 Å². The molecule has 0 radical (unpaired) electrons. The highest BCUT2D eigenvalue weighted by Crippen LogP contribution is 2.16. The number of nitrogens with one attached hydrogen (secondary N) is 2. The van der Waals surface area contributed by atoms with Crippen molar-refractivity contribution in [3.8, 4) is 0 Å². The van der Waals surface area contributed by atoms with Gasteiger partial charge in [-0.05, 0) is 35.9 Å². The van der Waals surface area contributed by atoms with E-state index < -0.39 is 20.9 Å². The summed E-state index contributed by atoms with van der Waals surface area (Å²) in [4.78, 5) is 22.2. The lowest BCUT2D eigenvalue weighted by molar-refractivity contribution is -0.384. The summed E-state index contributed by atoms with van der Waals surface area (Å²) in [5.74, 6) is -0.457. The highest BCUT2D eigenvalue weighted by atomic mass is 32.2. The first kappa shape index (κ1) is 20.0.